The molecule has 16 heavy (non-hydrogen) atoms. The first-order valence-electron chi connectivity index (χ1n) is 5.75. The summed E-state index contributed by atoms with van der Waals surface area (Å²) in [6.45, 7) is 7.91. The van der Waals surface area contributed by atoms with Crippen LogP contribution in [0.25, 0.3) is 0 Å². The van der Waals surface area contributed by atoms with Gasteiger partial charge in [-0.2, -0.15) is 0 Å². The summed E-state index contributed by atoms with van der Waals surface area (Å²) in [6.07, 6.45) is 0.510. The Hall–Kier alpha value is -0.810. The second-order valence-electron chi connectivity index (χ2n) is 5.50. The number of nitrogens with one attached hydrogen (secondary N) is 2. The van der Waals surface area contributed by atoms with Gasteiger partial charge in [-0.25, -0.2) is 4.79 Å². The Bertz CT molecular complexity index is 281. The van der Waals surface area contributed by atoms with Crippen LogP contribution >= 0.6 is 0 Å². The van der Waals surface area contributed by atoms with Crippen molar-refractivity contribution in [2.75, 3.05) is 19.7 Å². The van der Waals surface area contributed by atoms with Crippen molar-refractivity contribution in [2.45, 2.75) is 44.4 Å². The summed E-state index contributed by atoms with van der Waals surface area (Å²) in [4.78, 5) is 11.6. The van der Waals surface area contributed by atoms with Gasteiger partial charge in [0.05, 0.1) is 6.04 Å². The summed E-state index contributed by atoms with van der Waals surface area (Å²) in [5, 5.41) is 6.08. The molecule has 92 valence electrons. The largest absolute Gasteiger partial charge is 0.444 e. The van der Waals surface area contributed by atoms with Crippen LogP contribution in [0.5, 0.6) is 0 Å². The fourth-order valence-corrected chi connectivity index (χ4v) is 2.12. The Balaban J connectivity index is 1.87. The van der Waals surface area contributed by atoms with E-state index in [-0.39, 0.29) is 17.7 Å². The monoisotopic (exact) mass is 228 g/mol. The van der Waals surface area contributed by atoms with Crippen LogP contribution in [0.15, 0.2) is 0 Å². The van der Waals surface area contributed by atoms with Gasteiger partial charge in [0, 0.05) is 19.7 Å². The highest BCUT2D eigenvalue weighted by molar-refractivity contribution is 5.68. The predicted octanol–water partition coefficient (Wildman–Crippen LogP) is 0.642. The molecule has 0 bridgehead atoms. The van der Waals surface area contributed by atoms with Gasteiger partial charge in [-0.05, 0) is 27.2 Å². The van der Waals surface area contributed by atoms with Gasteiger partial charge in [0.15, 0.2) is 0 Å². The molecule has 0 radical (unpaired) electrons. The number of carbonyl (C=O) groups is 1. The summed E-state index contributed by atoms with van der Waals surface area (Å²) >= 11 is 0. The molecule has 0 saturated carbocycles. The molecular weight excluding hydrogens is 208 g/mol. The second kappa shape index (κ2) is 3.89. The molecule has 0 aromatic heterocycles. The topological polar surface area (TPSA) is 59.6 Å². The SMILES string of the molecule is CC(C)(C)OC(=O)N[C@@H]1CCOC12CNC2. The molecule has 5 nitrogen and oxygen atoms in total. The van der Waals surface area contributed by atoms with E-state index < -0.39 is 5.60 Å². The number of carbonyl (C=O) groups excluding carboxylic acids is 1. The van der Waals surface area contributed by atoms with Crippen LogP contribution in [0.1, 0.15) is 27.2 Å². The van der Waals surface area contributed by atoms with Crippen molar-refractivity contribution in [3.63, 3.8) is 0 Å². The quantitative estimate of drug-likeness (QED) is 0.691. The van der Waals surface area contributed by atoms with Crippen LogP contribution in [-0.2, 0) is 9.47 Å². The van der Waals surface area contributed by atoms with Crippen molar-refractivity contribution in [1.82, 2.24) is 10.6 Å². The average molecular weight is 228 g/mol. The summed E-state index contributed by atoms with van der Waals surface area (Å²) in [6, 6.07) is 0.0728. The lowest BCUT2D eigenvalue weighted by Crippen LogP contribution is -2.68. The van der Waals surface area contributed by atoms with Crippen LogP contribution in [0.2, 0.25) is 0 Å². The normalized spacial score (nSPS) is 27.6. The molecule has 0 aromatic carbocycles. The molecule has 2 heterocycles. The van der Waals surface area contributed by atoms with E-state index in [1.54, 1.807) is 0 Å². The lowest BCUT2D eigenvalue weighted by molar-refractivity contribution is -0.0513. The molecule has 2 fully saturated rings. The number of hydrogen-bond acceptors (Lipinski definition) is 4. The molecule has 0 aliphatic carbocycles. The average Bonchev–Trinajstić information content (AvgIpc) is 2.42. The summed E-state index contributed by atoms with van der Waals surface area (Å²) in [5.74, 6) is 0. The molecular formula is C11H20N2O3. The Morgan fingerprint density at radius 1 is 1.50 bits per heavy atom. The highest BCUT2D eigenvalue weighted by Crippen LogP contribution is 2.29. The molecule has 2 aliphatic rings. The summed E-state index contributed by atoms with van der Waals surface area (Å²) in [5.41, 5.74) is -0.633. The maximum absolute atomic E-state index is 11.6. The van der Waals surface area contributed by atoms with E-state index in [2.05, 4.69) is 10.6 Å². The van der Waals surface area contributed by atoms with Crippen molar-refractivity contribution >= 4 is 6.09 Å². The molecule has 1 spiro atoms. The van der Waals surface area contributed by atoms with Gasteiger partial charge in [-0.3, -0.25) is 0 Å². The first-order valence-corrected chi connectivity index (χ1v) is 5.75. The molecule has 2 N–H and O–H groups in total. The maximum atomic E-state index is 11.6. The van der Waals surface area contributed by atoms with Crippen LogP contribution in [-0.4, -0.2) is 43.0 Å². The van der Waals surface area contributed by atoms with E-state index in [0.717, 1.165) is 19.5 Å². The van der Waals surface area contributed by atoms with Gasteiger partial charge >= 0.3 is 6.09 Å². The minimum absolute atomic E-state index is 0.0728. The van der Waals surface area contributed by atoms with Crippen molar-refractivity contribution in [2.24, 2.45) is 0 Å². The zero-order valence-electron chi connectivity index (χ0n) is 10.1. The summed E-state index contributed by atoms with van der Waals surface area (Å²) in [7, 11) is 0. The zero-order chi connectivity index (χ0) is 11.8. The van der Waals surface area contributed by atoms with E-state index in [1.807, 2.05) is 20.8 Å². The van der Waals surface area contributed by atoms with Crippen LogP contribution in [0.3, 0.4) is 0 Å². The number of alkyl carbamates (subject to hydrolysis) is 1. The van der Waals surface area contributed by atoms with E-state index in [1.165, 1.54) is 0 Å². The summed E-state index contributed by atoms with van der Waals surface area (Å²) < 4.78 is 10.9. The number of ether oxygens (including phenoxy) is 2. The molecule has 0 unspecified atom stereocenters. The Kier molecular flexibility index (Phi) is 2.84. The number of amides is 1. The molecule has 1 atom stereocenters. The third-order valence-electron chi connectivity index (χ3n) is 2.97. The molecule has 1 amide bonds. The lowest BCUT2D eigenvalue weighted by Gasteiger charge is -2.42. The lowest BCUT2D eigenvalue weighted by atomic mass is 9.88. The molecule has 2 aliphatic heterocycles. The number of rotatable bonds is 1. The standard InChI is InChI=1S/C11H20N2O3/c1-10(2,3)16-9(14)13-8-4-5-15-11(8)6-12-7-11/h8,12H,4-7H2,1-3H3,(H,13,14)/t8-/m1/s1. The number of hydrogen-bond donors (Lipinski definition) is 2. The van der Waals surface area contributed by atoms with Gasteiger partial charge in [-0.15, -0.1) is 0 Å². The fourth-order valence-electron chi connectivity index (χ4n) is 2.12. The third-order valence-corrected chi connectivity index (χ3v) is 2.97. The molecule has 2 saturated heterocycles. The van der Waals surface area contributed by atoms with Crippen molar-refractivity contribution < 1.29 is 14.3 Å². The van der Waals surface area contributed by atoms with E-state index >= 15 is 0 Å². The Morgan fingerprint density at radius 2 is 2.19 bits per heavy atom. The molecule has 5 heteroatoms. The molecule has 2 rings (SSSR count). The van der Waals surface area contributed by atoms with E-state index in [0.29, 0.717) is 6.61 Å². The van der Waals surface area contributed by atoms with Crippen LogP contribution in [0.4, 0.5) is 4.79 Å². The van der Waals surface area contributed by atoms with Gasteiger partial charge in [0.25, 0.3) is 0 Å². The first-order chi connectivity index (χ1) is 7.41. The minimum Gasteiger partial charge on any atom is -0.444 e. The highest BCUT2D eigenvalue weighted by atomic mass is 16.6. The van der Waals surface area contributed by atoms with Gasteiger partial charge in [-0.1, -0.05) is 0 Å². The highest BCUT2D eigenvalue weighted by Gasteiger charge is 2.50. The minimum atomic E-state index is -0.450. The van der Waals surface area contributed by atoms with E-state index in [4.69, 9.17) is 9.47 Å². The van der Waals surface area contributed by atoms with Crippen molar-refractivity contribution in [1.29, 1.82) is 0 Å². The second-order valence-corrected chi connectivity index (χ2v) is 5.50. The fraction of sp³-hybridized carbons (Fsp3) is 0.909. The third kappa shape index (κ3) is 2.30. The predicted molar refractivity (Wildman–Crippen MR) is 59.3 cm³/mol. The van der Waals surface area contributed by atoms with Crippen LogP contribution < -0.4 is 10.6 Å². The first kappa shape index (κ1) is 11.7. The van der Waals surface area contributed by atoms with Crippen molar-refractivity contribution in [3.05, 3.63) is 0 Å². The van der Waals surface area contributed by atoms with E-state index in [9.17, 15) is 4.79 Å². The Morgan fingerprint density at radius 3 is 2.69 bits per heavy atom. The van der Waals surface area contributed by atoms with Gasteiger partial charge in [0.1, 0.15) is 11.2 Å². The molecule has 0 aromatic rings. The van der Waals surface area contributed by atoms with Gasteiger partial charge < -0.3 is 20.1 Å². The van der Waals surface area contributed by atoms with Crippen LogP contribution in [0, 0.1) is 0 Å². The smallest absolute Gasteiger partial charge is 0.407 e. The van der Waals surface area contributed by atoms with Gasteiger partial charge in [0.2, 0.25) is 0 Å². The Labute approximate surface area is 95.9 Å². The zero-order valence-corrected chi connectivity index (χ0v) is 10.1. The van der Waals surface area contributed by atoms with Crippen molar-refractivity contribution in [3.8, 4) is 0 Å². The maximum Gasteiger partial charge on any atom is 0.407 e.